The Morgan fingerprint density at radius 3 is 2.38 bits per heavy atom. The summed E-state index contributed by atoms with van der Waals surface area (Å²) in [5, 5.41) is 3.26. The maximum atomic E-state index is 12.3. The molecule has 0 saturated carbocycles. The third kappa shape index (κ3) is 6.05. The van der Waals surface area contributed by atoms with Crippen LogP contribution in [-0.4, -0.2) is 44.6 Å². The third-order valence-corrected chi connectivity index (χ3v) is 3.53. The lowest BCUT2D eigenvalue weighted by Crippen LogP contribution is -2.44. The molecular weight excluding hydrogens is 368 g/mol. The Balaban J connectivity index is 0.00000264. The van der Waals surface area contributed by atoms with Gasteiger partial charge in [0.2, 0.25) is 0 Å². The molecule has 0 unspecified atom stereocenters. The Bertz CT molecular complexity index is 524. The number of alkyl halides is 3. The summed E-state index contributed by atoms with van der Waals surface area (Å²) in [6.07, 6.45) is -2.95. The van der Waals surface area contributed by atoms with Crippen molar-refractivity contribution in [2.24, 2.45) is 0 Å². The largest absolute Gasteiger partial charge is 0.573 e. The van der Waals surface area contributed by atoms with Crippen molar-refractivity contribution < 1.29 is 22.6 Å². The summed E-state index contributed by atoms with van der Waals surface area (Å²) >= 11 is 0. The summed E-state index contributed by atoms with van der Waals surface area (Å²) < 4.78 is 46.1. The number of piperazine rings is 1. The minimum Gasteiger partial charge on any atom is -0.496 e. The Morgan fingerprint density at radius 2 is 1.88 bits per heavy atom. The van der Waals surface area contributed by atoms with Gasteiger partial charge in [-0.1, -0.05) is 6.08 Å². The standard InChI is InChI=1S/C15H19F3N2O2.2ClH/c1-3-13(20-8-6-19-7-9-20)12-5-4-11(10-14(12)21-2)22-15(16,17)18;;/h3-5,10,13,19H,1,6-9H2,2H3;2*1H/t13-;;/m1../s1. The summed E-state index contributed by atoms with van der Waals surface area (Å²) in [4.78, 5) is 2.20. The zero-order chi connectivity index (χ0) is 16.2. The first-order valence-electron chi connectivity index (χ1n) is 6.95. The molecule has 0 bridgehead atoms. The van der Waals surface area contributed by atoms with E-state index in [0.29, 0.717) is 5.75 Å². The molecule has 0 aromatic heterocycles. The number of rotatable bonds is 5. The first-order chi connectivity index (χ1) is 10.4. The summed E-state index contributed by atoms with van der Waals surface area (Å²) in [6.45, 7) is 7.23. The monoisotopic (exact) mass is 388 g/mol. The molecule has 1 atom stereocenters. The quantitative estimate of drug-likeness (QED) is 0.781. The fraction of sp³-hybridized carbons (Fsp3) is 0.467. The summed E-state index contributed by atoms with van der Waals surface area (Å²) in [5.41, 5.74) is 0.772. The van der Waals surface area contributed by atoms with Gasteiger partial charge in [-0.25, -0.2) is 0 Å². The van der Waals surface area contributed by atoms with E-state index in [1.165, 1.54) is 19.2 Å². The molecule has 1 saturated heterocycles. The van der Waals surface area contributed by atoms with E-state index in [1.807, 2.05) is 0 Å². The second kappa shape index (κ2) is 9.98. The molecule has 1 fully saturated rings. The molecule has 1 aliphatic heterocycles. The number of hydrogen-bond acceptors (Lipinski definition) is 4. The van der Waals surface area contributed by atoms with Gasteiger partial charge in [0.1, 0.15) is 11.5 Å². The molecule has 2 rings (SSSR count). The minimum atomic E-state index is -4.72. The normalized spacial score (nSPS) is 16.3. The van der Waals surface area contributed by atoms with E-state index in [2.05, 4.69) is 21.5 Å². The number of hydrogen-bond donors (Lipinski definition) is 1. The molecule has 1 aromatic rings. The lowest BCUT2D eigenvalue weighted by molar-refractivity contribution is -0.274. The number of halogens is 5. The summed E-state index contributed by atoms with van der Waals surface area (Å²) in [7, 11) is 1.42. The van der Waals surface area contributed by atoms with Crippen molar-refractivity contribution in [1.29, 1.82) is 0 Å². The van der Waals surface area contributed by atoms with Gasteiger partial charge >= 0.3 is 6.36 Å². The number of nitrogens with zero attached hydrogens (tertiary/aromatic N) is 1. The Hall–Kier alpha value is -1.15. The predicted molar refractivity (Wildman–Crippen MR) is 91.6 cm³/mol. The van der Waals surface area contributed by atoms with E-state index in [0.717, 1.165) is 31.7 Å². The van der Waals surface area contributed by atoms with Crippen molar-refractivity contribution >= 4 is 24.8 Å². The first-order valence-corrected chi connectivity index (χ1v) is 6.95. The predicted octanol–water partition coefficient (Wildman–Crippen LogP) is 3.57. The molecule has 4 nitrogen and oxygen atoms in total. The van der Waals surface area contributed by atoms with E-state index in [1.54, 1.807) is 12.1 Å². The van der Waals surface area contributed by atoms with Crippen LogP contribution in [0.15, 0.2) is 30.9 Å². The SMILES string of the molecule is C=C[C@H](c1ccc(OC(F)(F)F)cc1OC)N1CCNCC1.Cl.Cl. The highest BCUT2D eigenvalue weighted by atomic mass is 35.5. The maximum Gasteiger partial charge on any atom is 0.573 e. The van der Waals surface area contributed by atoms with Gasteiger partial charge in [0, 0.05) is 37.8 Å². The average molecular weight is 389 g/mol. The van der Waals surface area contributed by atoms with Gasteiger partial charge < -0.3 is 14.8 Å². The number of ether oxygens (including phenoxy) is 2. The van der Waals surface area contributed by atoms with E-state index in [4.69, 9.17) is 4.74 Å². The topological polar surface area (TPSA) is 33.7 Å². The van der Waals surface area contributed by atoms with Crippen molar-refractivity contribution in [1.82, 2.24) is 10.2 Å². The molecule has 138 valence electrons. The molecule has 0 aliphatic carbocycles. The molecular formula is C15H21Cl2F3N2O2. The van der Waals surface area contributed by atoms with Crippen LogP contribution >= 0.6 is 24.8 Å². The highest BCUT2D eigenvalue weighted by Gasteiger charge is 2.32. The van der Waals surface area contributed by atoms with Crippen LogP contribution < -0.4 is 14.8 Å². The van der Waals surface area contributed by atoms with Crippen LogP contribution in [0.5, 0.6) is 11.5 Å². The molecule has 1 heterocycles. The van der Waals surface area contributed by atoms with Gasteiger partial charge in [-0.05, 0) is 12.1 Å². The fourth-order valence-electron chi connectivity index (χ4n) is 2.57. The van der Waals surface area contributed by atoms with E-state index >= 15 is 0 Å². The van der Waals surface area contributed by atoms with Gasteiger partial charge in [-0.3, -0.25) is 4.90 Å². The second-order valence-electron chi connectivity index (χ2n) is 4.92. The zero-order valence-corrected chi connectivity index (χ0v) is 14.8. The van der Waals surface area contributed by atoms with Crippen LogP contribution in [0.2, 0.25) is 0 Å². The van der Waals surface area contributed by atoms with Gasteiger partial charge in [0.05, 0.1) is 13.2 Å². The van der Waals surface area contributed by atoms with E-state index in [-0.39, 0.29) is 36.6 Å². The third-order valence-electron chi connectivity index (χ3n) is 3.53. The van der Waals surface area contributed by atoms with Crippen molar-refractivity contribution in [3.05, 3.63) is 36.4 Å². The first kappa shape index (κ1) is 22.9. The number of methoxy groups -OCH3 is 1. The molecule has 1 aliphatic rings. The van der Waals surface area contributed by atoms with Crippen LogP contribution in [-0.2, 0) is 0 Å². The Morgan fingerprint density at radius 1 is 1.25 bits per heavy atom. The van der Waals surface area contributed by atoms with Crippen molar-refractivity contribution in [3.63, 3.8) is 0 Å². The molecule has 0 radical (unpaired) electrons. The van der Waals surface area contributed by atoms with E-state index in [9.17, 15) is 13.2 Å². The molecule has 24 heavy (non-hydrogen) atoms. The molecule has 0 spiro atoms. The van der Waals surface area contributed by atoms with Crippen LogP contribution in [0.3, 0.4) is 0 Å². The maximum absolute atomic E-state index is 12.3. The molecule has 0 amide bonds. The highest BCUT2D eigenvalue weighted by molar-refractivity contribution is 5.85. The average Bonchev–Trinajstić information content (AvgIpc) is 2.48. The van der Waals surface area contributed by atoms with Gasteiger partial charge in [-0.15, -0.1) is 44.6 Å². The van der Waals surface area contributed by atoms with Crippen LogP contribution in [0.4, 0.5) is 13.2 Å². The van der Waals surface area contributed by atoms with Gasteiger partial charge in [0.25, 0.3) is 0 Å². The van der Waals surface area contributed by atoms with Crippen molar-refractivity contribution in [3.8, 4) is 11.5 Å². The molecule has 9 heteroatoms. The smallest absolute Gasteiger partial charge is 0.496 e. The molecule has 1 aromatic carbocycles. The minimum absolute atomic E-state index is 0. The number of nitrogens with one attached hydrogen (secondary N) is 1. The fourth-order valence-corrected chi connectivity index (χ4v) is 2.57. The van der Waals surface area contributed by atoms with Gasteiger partial charge in [-0.2, -0.15) is 0 Å². The summed E-state index contributed by atoms with van der Waals surface area (Å²) in [5.74, 6) is 0.0569. The Kier molecular flexibility index (Phi) is 9.50. The zero-order valence-electron chi connectivity index (χ0n) is 13.1. The van der Waals surface area contributed by atoms with Crippen LogP contribution in [0.1, 0.15) is 11.6 Å². The number of benzene rings is 1. The van der Waals surface area contributed by atoms with Crippen LogP contribution in [0, 0.1) is 0 Å². The van der Waals surface area contributed by atoms with Crippen LogP contribution in [0.25, 0.3) is 0 Å². The van der Waals surface area contributed by atoms with Gasteiger partial charge in [0.15, 0.2) is 0 Å². The summed E-state index contributed by atoms with van der Waals surface area (Å²) in [6, 6.07) is 4.02. The van der Waals surface area contributed by atoms with E-state index < -0.39 is 6.36 Å². The lowest BCUT2D eigenvalue weighted by atomic mass is 10.0. The second-order valence-corrected chi connectivity index (χ2v) is 4.92. The van der Waals surface area contributed by atoms with Crippen molar-refractivity contribution in [2.45, 2.75) is 12.4 Å². The highest BCUT2D eigenvalue weighted by Crippen LogP contribution is 2.35. The molecule has 1 N–H and O–H groups in total. The lowest BCUT2D eigenvalue weighted by Gasteiger charge is -2.34. The van der Waals surface area contributed by atoms with Crippen molar-refractivity contribution in [2.75, 3.05) is 33.3 Å². The Labute approximate surface area is 151 Å².